The number of hydrogen-bond donors (Lipinski definition) is 1. The quantitative estimate of drug-likeness (QED) is 0.727. The summed E-state index contributed by atoms with van der Waals surface area (Å²) in [5.74, 6) is 0. The minimum absolute atomic E-state index is 0.788. The van der Waals surface area contributed by atoms with E-state index in [1.807, 2.05) is 23.9 Å². The Morgan fingerprint density at radius 1 is 1.00 bits per heavy atom. The number of hydrogen-bond acceptors (Lipinski definition) is 2. The molecule has 0 radical (unpaired) electrons. The summed E-state index contributed by atoms with van der Waals surface area (Å²) in [6.07, 6.45) is 5.49. The Hall–Kier alpha value is -1.12. The summed E-state index contributed by atoms with van der Waals surface area (Å²) in [5, 5.41) is 5.14. The molecule has 2 aromatic carbocycles. The van der Waals surface area contributed by atoms with Crippen LogP contribution in [0, 0.1) is 0 Å². The Morgan fingerprint density at radius 2 is 1.71 bits per heavy atom. The van der Waals surface area contributed by atoms with Gasteiger partial charge in [-0.15, -0.1) is 11.8 Å². The molecular formula is C18H20ClNS. The Morgan fingerprint density at radius 3 is 2.48 bits per heavy atom. The number of benzene rings is 2. The van der Waals surface area contributed by atoms with Crippen molar-refractivity contribution >= 4 is 29.1 Å². The van der Waals surface area contributed by atoms with E-state index >= 15 is 0 Å². The van der Waals surface area contributed by atoms with Crippen LogP contribution in [0.4, 0.5) is 5.69 Å². The maximum Gasteiger partial charge on any atom is 0.0481 e. The summed E-state index contributed by atoms with van der Waals surface area (Å²) in [7, 11) is 0. The van der Waals surface area contributed by atoms with Crippen LogP contribution in [0.2, 0.25) is 5.02 Å². The molecule has 1 fully saturated rings. The average Bonchev–Trinajstić information content (AvgIpc) is 3.01. The van der Waals surface area contributed by atoms with Crippen molar-refractivity contribution in [3.05, 3.63) is 59.1 Å². The lowest BCUT2D eigenvalue weighted by atomic mass is 10.2. The van der Waals surface area contributed by atoms with E-state index < -0.39 is 0 Å². The van der Waals surface area contributed by atoms with Crippen molar-refractivity contribution < 1.29 is 0 Å². The van der Waals surface area contributed by atoms with Gasteiger partial charge in [-0.25, -0.2) is 0 Å². The third-order valence-corrected chi connectivity index (χ3v) is 5.55. The second kappa shape index (κ2) is 7.24. The standard InChI is InChI=1S/C18H20ClNS/c19-15-11-9-14(10-12-15)13-20-17-7-3-4-8-18(17)21-16-5-1-2-6-16/h3-4,7-12,16,20H,1-2,5-6,13H2. The molecule has 1 aliphatic carbocycles. The largest absolute Gasteiger partial charge is 0.380 e. The molecule has 1 aliphatic rings. The minimum atomic E-state index is 0.788. The molecule has 2 aromatic rings. The van der Waals surface area contributed by atoms with Gasteiger partial charge in [0, 0.05) is 27.4 Å². The highest BCUT2D eigenvalue weighted by Gasteiger charge is 2.17. The molecule has 110 valence electrons. The smallest absolute Gasteiger partial charge is 0.0481 e. The van der Waals surface area contributed by atoms with Crippen LogP contribution in [-0.2, 0) is 6.54 Å². The summed E-state index contributed by atoms with van der Waals surface area (Å²) >= 11 is 7.96. The molecule has 3 heteroatoms. The van der Waals surface area contributed by atoms with Gasteiger partial charge in [-0.3, -0.25) is 0 Å². The van der Waals surface area contributed by atoms with Crippen molar-refractivity contribution in [2.75, 3.05) is 5.32 Å². The third kappa shape index (κ3) is 4.18. The van der Waals surface area contributed by atoms with E-state index in [1.54, 1.807) is 0 Å². The van der Waals surface area contributed by atoms with Gasteiger partial charge in [0.1, 0.15) is 0 Å². The highest BCUT2D eigenvalue weighted by molar-refractivity contribution is 8.00. The highest BCUT2D eigenvalue weighted by atomic mass is 35.5. The average molecular weight is 318 g/mol. The van der Waals surface area contributed by atoms with Crippen molar-refractivity contribution in [1.29, 1.82) is 0 Å². The first-order valence-electron chi connectivity index (χ1n) is 7.55. The van der Waals surface area contributed by atoms with E-state index in [4.69, 9.17) is 11.6 Å². The predicted octanol–water partition coefficient (Wildman–Crippen LogP) is 5.99. The van der Waals surface area contributed by atoms with Gasteiger partial charge in [-0.2, -0.15) is 0 Å². The maximum absolute atomic E-state index is 5.93. The molecule has 0 bridgehead atoms. The van der Waals surface area contributed by atoms with Gasteiger partial charge < -0.3 is 5.32 Å². The van der Waals surface area contributed by atoms with Crippen LogP contribution in [0.15, 0.2) is 53.4 Å². The van der Waals surface area contributed by atoms with E-state index in [9.17, 15) is 0 Å². The molecule has 0 amide bonds. The Kier molecular flexibility index (Phi) is 5.10. The van der Waals surface area contributed by atoms with Crippen LogP contribution in [0.5, 0.6) is 0 Å². The molecule has 0 aliphatic heterocycles. The molecule has 0 heterocycles. The number of halogens is 1. The fourth-order valence-corrected chi connectivity index (χ4v) is 4.18. The molecule has 1 nitrogen and oxygen atoms in total. The highest BCUT2D eigenvalue weighted by Crippen LogP contribution is 2.38. The van der Waals surface area contributed by atoms with Crippen LogP contribution < -0.4 is 5.32 Å². The minimum Gasteiger partial charge on any atom is -0.380 e. The van der Waals surface area contributed by atoms with E-state index in [1.165, 1.54) is 41.8 Å². The van der Waals surface area contributed by atoms with Gasteiger partial charge in [0.15, 0.2) is 0 Å². The first kappa shape index (κ1) is 14.8. The van der Waals surface area contributed by atoms with Gasteiger partial charge >= 0.3 is 0 Å². The first-order valence-corrected chi connectivity index (χ1v) is 8.81. The van der Waals surface area contributed by atoms with E-state index in [0.717, 1.165) is 16.8 Å². The monoisotopic (exact) mass is 317 g/mol. The molecule has 0 atom stereocenters. The van der Waals surface area contributed by atoms with E-state index in [-0.39, 0.29) is 0 Å². The van der Waals surface area contributed by atoms with Crippen molar-refractivity contribution in [3.8, 4) is 0 Å². The van der Waals surface area contributed by atoms with Crippen molar-refractivity contribution in [2.24, 2.45) is 0 Å². The second-order valence-electron chi connectivity index (χ2n) is 5.50. The van der Waals surface area contributed by atoms with Gasteiger partial charge in [0.2, 0.25) is 0 Å². The van der Waals surface area contributed by atoms with Crippen LogP contribution in [0.25, 0.3) is 0 Å². The molecule has 0 aromatic heterocycles. The van der Waals surface area contributed by atoms with Gasteiger partial charge in [0.25, 0.3) is 0 Å². The first-order chi connectivity index (χ1) is 10.3. The number of anilines is 1. The normalized spacial score (nSPS) is 15.3. The lowest BCUT2D eigenvalue weighted by Gasteiger charge is -2.15. The predicted molar refractivity (Wildman–Crippen MR) is 93.3 cm³/mol. The molecule has 0 unspecified atom stereocenters. The number of nitrogens with one attached hydrogen (secondary N) is 1. The molecule has 1 saturated carbocycles. The lowest BCUT2D eigenvalue weighted by Crippen LogP contribution is -2.02. The molecule has 21 heavy (non-hydrogen) atoms. The van der Waals surface area contributed by atoms with E-state index in [0.29, 0.717) is 0 Å². The van der Waals surface area contributed by atoms with Crippen LogP contribution in [0.3, 0.4) is 0 Å². The van der Waals surface area contributed by atoms with E-state index in [2.05, 4.69) is 41.7 Å². The Labute approximate surface area is 136 Å². The Balaban J connectivity index is 1.65. The lowest BCUT2D eigenvalue weighted by molar-refractivity contribution is 0.886. The van der Waals surface area contributed by atoms with Gasteiger partial charge in [0.05, 0.1) is 0 Å². The summed E-state index contributed by atoms with van der Waals surface area (Å²) < 4.78 is 0. The van der Waals surface area contributed by atoms with Crippen LogP contribution >= 0.6 is 23.4 Å². The molecule has 0 saturated heterocycles. The maximum atomic E-state index is 5.93. The second-order valence-corrected chi connectivity index (χ2v) is 7.28. The summed E-state index contributed by atoms with van der Waals surface area (Å²) in [6, 6.07) is 16.7. The molecular weight excluding hydrogens is 298 g/mol. The van der Waals surface area contributed by atoms with Gasteiger partial charge in [-0.05, 0) is 42.7 Å². The van der Waals surface area contributed by atoms with Crippen molar-refractivity contribution in [1.82, 2.24) is 0 Å². The number of rotatable bonds is 5. The topological polar surface area (TPSA) is 12.0 Å². The molecule has 0 spiro atoms. The van der Waals surface area contributed by atoms with Gasteiger partial charge in [-0.1, -0.05) is 48.7 Å². The fourth-order valence-electron chi connectivity index (χ4n) is 2.70. The zero-order valence-corrected chi connectivity index (χ0v) is 13.6. The molecule has 1 N–H and O–H groups in total. The van der Waals surface area contributed by atoms with Crippen LogP contribution in [-0.4, -0.2) is 5.25 Å². The summed E-state index contributed by atoms with van der Waals surface area (Å²) in [5.41, 5.74) is 2.49. The SMILES string of the molecule is Clc1ccc(CNc2ccccc2SC2CCCC2)cc1. The zero-order chi connectivity index (χ0) is 14.5. The summed E-state index contributed by atoms with van der Waals surface area (Å²) in [6.45, 7) is 0.833. The van der Waals surface area contributed by atoms with Crippen LogP contribution in [0.1, 0.15) is 31.2 Å². The van der Waals surface area contributed by atoms with Crippen molar-refractivity contribution in [2.45, 2.75) is 42.4 Å². The number of para-hydroxylation sites is 1. The molecule has 3 rings (SSSR count). The summed E-state index contributed by atoms with van der Waals surface area (Å²) in [4.78, 5) is 1.37. The number of thioether (sulfide) groups is 1. The fraction of sp³-hybridized carbons (Fsp3) is 0.333. The third-order valence-electron chi connectivity index (χ3n) is 3.88. The van der Waals surface area contributed by atoms with Crippen molar-refractivity contribution in [3.63, 3.8) is 0 Å². The Bertz CT molecular complexity index is 576. The zero-order valence-electron chi connectivity index (χ0n) is 12.0.